The van der Waals surface area contributed by atoms with Gasteiger partial charge >= 0.3 is 5.69 Å². The zero-order valence-corrected chi connectivity index (χ0v) is 18.7. The van der Waals surface area contributed by atoms with Crippen LogP contribution in [0.15, 0.2) is 59.5 Å². The Kier molecular flexibility index (Phi) is 6.36. The number of aromatic hydroxyl groups is 1. The maximum absolute atomic E-state index is 15.3. The number of H-pyrrole nitrogens is 1. The lowest BCUT2D eigenvalue weighted by molar-refractivity contribution is 0.351. The molecule has 1 atom stereocenters. The summed E-state index contributed by atoms with van der Waals surface area (Å²) in [5.74, 6) is -0.579. The highest BCUT2D eigenvalue weighted by atomic mass is 19.1. The summed E-state index contributed by atoms with van der Waals surface area (Å²) in [6.07, 6.45) is 1.40. The van der Waals surface area contributed by atoms with Crippen molar-refractivity contribution >= 4 is 11.5 Å². The van der Waals surface area contributed by atoms with Crippen molar-refractivity contribution in [2.75, 3.05) is 19.5 Å². The molecule has 0 aliphatic rings. The number of anilines is 1. The van der Waals surface area contributed by atoms with Crippen molar-refractivity contribution in [3.63, 3.8) is 0 Å². The molecule has 0 saturated carbocycles. The monoisotopic (exact) mass is 479 g/mol. The highest BCUT2D eigenvalue weighted by Crippen LogP contribution is 2.35. The number of nitrogen functional groups attached to an aromatic ring is 1. The van der Waals surface area contributed by atoms with E-state index >= 15 is 4.39 Å². The first kappa shape index (κ1) is 23.3. The van der Waals surface area contributed by atoms with Crippen LogP contribution < -0.4 is 26.2 Å². The minimum Gasteiger partial charge on any atom is -0.504 e. The third-order valence-electron chi connectivity index (χ3n) is 5.20. The summed E-state index contributed by atoms with van der Waals surface area (Å²) >= 11 is 0. The lowest BCUT2D eigenvalue weighted by atomic mass is 10.0. The molecular weight excluding hydrogens is 457 g/mol. The first-order valence-corrected chi connectivity index (χ1v) is 10.3. The third-order valence-corrected chi connectivity index (χ3v) is 5.20. The molecule has 0 unspecified atom stereocenters. The Morgan fingerprint density at radius 2 is 1.89 bits per heavy atom. The number of methoxy groups -OCH3 is 2. The summed E-state index contributed by atoms with van der Waals surface area (Å²) in [7, 11) is 2.81. The van der Waals surface area contributed by atoms with Gasteiger partial charge in [0, 0.05) is 29.1 Å². The van der Waals surface area contributed by atoms with Crippen LogP contribution in [0.25, 0.3) is 5.82 Å². The van der Waals surface area contributed by atoms with Crippen molar-refractivity contribution in [1.82, 2.24) is 19.7 Å². The van der Waals surface area contributed by atoms with Gasteiger partial charge < -0.3 is 25.6 Å². The van der Waals surface area contributed by atoms with Crippen molar-refractivity contribution in [1.29, 1.82) is 5.41 Å². The topological polar surface area (TPSA) is 164 Å². The second-order valence-corrected chi connectivity index (χ2v) is 7.37. The van der Waals surface area contributed by atoms with Gasteiger partial charge in [-0.25, -0.2) is 14.2 Å². The smallest absolute Gasteiger partial charge is 0.349 e. The Morgan fingerprint density at radius 3 is 2.51 bits per heavy atom. The Bertz CT molecular complexity index is 1430. The molecule has 2 aromatic heterocycles. The van der Waals surface area contributed by atoms with Gasteiger partial charge in [-0.05, 0) is 42.5 Å². The maximum Gasteiger partial charge on any atom is 0.349 e. The number of hydrogen-bond acceptors (Lipinski definition) is 8. The van der Waals surface area contributed by atoms with E-state index in [1.54, 1.807) is 24.3 Å². The molecule has 180 valence electrons. The van der Waals surface area contributed by atoms with Gasteiger partial charge in [0.25, 0.3) is 0 Å². The van der Waals surface area contributed by atoms with Crippen LogP contribution >= 0.6 is 0 Å². The molecule has 0 radical (unpaired) electrons. The SMILES string of the molecule is COc1cc(F)c([C@H](Nc2ccc(C(=N)N)cc2)c2nn(-c3ncccc3O)c(=O)[nH]2)cc1OC. The molecular formula is C23H22FN7O4. The van der Waals surface area contributed by atoms with Crippen molar-refractivity contribution < 1.29 is 19.0 Å². The molecule has 6 N–H and O–H groups in total. The first-order valence-electron chi connectivity index (χ1n) is 10.3. The van der Waals surface area contributed by atoms with Gasteiger partial charge in [-0.1, -0.05) is 0 Å². The zero-order valence-electron chi connectivity index (χ0n) is 18.7. The van der Waals surface area contributed by atoms with E-state index in [1.165, 1.54) is 44.7 Å². The van der Waals surface area contributed by atoms with Gasteiger partial charge in [0.05, 0.1) is 14.2 Å². The van der Waals surface area contributed by atoms with E-state index in [2.05, 4.69) is 20.4 Å². The molecule has 0 fully saturated rings. The molecule has 4 aromatic rings. The zero-order chi connectivity index (χ0) is 25.1. The summed E-state index contributed by atoms with van der Waals surface area (Å²) < 4.78 is 26.6. The fourth-order valence-corrected chi connectivity index (χ4v) is 3.46. The van der Waals surface area contributed by atoms with Crippen molar-refractivity contribution in [2.45, 2.75) is 6.04 Å². The molecule has 12 heteroatoms. The van der Waals surface area contributed by atoms with E-state index in [9.17, 15) is 9.90 Å². The Labute approximate surface area is 198 Å². The van der Waals surface area contributed by atoms with E-state index in [1.807, 2.05) is 0 Å². The molecule has 0 spiro atoms. The van der Waals surface area contributed by atoms with Crippen LogP contribution in [0.2, 0.25) is 0 Å². The summed E-state index contributed by atoms with van der Waals surface area (Å²) in [5.41, 5.74) is 5.98. The van der Waals surface area contributed by atoms with E-state index in [4.69, 9.17) is 20.6 Å². The minimum atomic E-state index is -1.00. The number of amidine groups is 1. The normalized spacial score (nSPS) is 11.6. The number of benzene rings is 2. The van der Waals surface area contributed by atoms with Crippen molar-refractivity contribution in [3.8, 4) is 23.1 Å². The molecule has 0 amide bonds. The van der Waals surface area contributed by atoms with Crippen LogP contribution in [0.3, 0.4) is 0 Å². The van der Waals surface area contributed by atoms with Crippen LogP contribution in [0.5, 0.6) is 17.2 Å². The summed E-state index contributed by atoms with van der Waals surface area (Å²) in [6, 6.07) is 11.0. The van der Waals surface area contributed by atoms with Gasteiger partial charge in [-0.2, -0.15) is 4.68 Å². The van der Waals surface area contributed by atoms with E-state index in [0.29, 0.717) is 11.3 Å². The minimum absolute atomic E-state index is 0.0433. The van der Waals surface area contributed by atoms with Crippen molar-refractivity contribution in [3.05, 3.63) is 88.0 Å². The number of aromatic nitrogens is 4. The Morgan fingerprint density at radius 1 is 1.20 bits per heavy atom. The predicted octanol–water partition coefficient (Wildman–Crippen LogP) is 2.30. The van der Waals surface area contributed by atoms with Gasteiger partial charge in [0.1, 0.15) is 17.7 Å². The number of halogens is 1. The number of ether oxygens (including phenoxy) is 2. The lowest BCUT2D eigenvalue weighted by Crippen LogP contribution is -2.17. The molecule has 0 saturated heterocycles. The lowest BCUT2D eigenvalue weighted by Gasteiger charge is -2.20. The Hall–Kier alpha value is -4.87. The van der Waals surface area contributed by atoms with Gasteiger partial charge in [0.15, 0.2) is 23.1 Å². The molecule has 2 aromatic carbocycles. The highest BCUT2D eigenvalue weighted by molar-refractivity contribution is 5.95. The second-order valence-electron chi connectivity index (χ2n) is 7.37. The average Bonchev–Trinajstić information content (AvgIpc) is 3.24. The molecule has 0 aliphatic carbocycles. The van der Waals surface area contributed by atoms with Crippen LogP contribution in [-0.2, 0) is 0 Å². The first-order chi connectivity index (χ1) is 16.8. The fourth-order valence-electron chi connectivity index (χ4n) is 3.46. The van der Waals surface area contributed by atoms with Gasteiger partial charge in [0.2, 0.25) is 5.82 Å². The molecule has 11 nitrogen and oxygen atoms in total. The molecule has 2 heterocycles. The summed E-state index contributed by atoms with van der Waals surface area (Å²) in [6.45, 7) is 0. The number of pyridine rings is 1. The van der Waals surface area contributed by atoms with Gasteiger partial charge in [-0.3, -0.25) is 10.4 Å². The number of nitrogens with two attached hydrogens (primary N) is 1. The van der Waals surface area contributed by atoms with Crippen LogP contribution in [-0.4, -0.2) is 44.9 Å². The standard InChI is InChI=1S/C23H22FN7O4/c1-34-17-10-14(15(24)11-18(17)35-2)19(28-13-7-5-12(6-8-13)20(25)26)21-29-23(33)31(30-21)22-16(32)4-3-9-27-22/h3-11,19,28,32H,1-2H3,(H3,25,26)(H,29,30,33)/t19-/m0/s1. The fraction of sp³-hybridized carbons (Fsp3) is 0.130. The number of nitrogens with one attached hydrogen (secondary N) is 3. The Balaban J connectivity index is 1.84. The number of hydrogen-bond donors (Lipinski definition) is 5. The van der Waals surface area contributed by atoms with Crippen LogP contribution in [0, 0.1) is 11.2 Å². The summed E-state index contributed by atoms with van der Waals surface area (Å²) in [5, 5.41) is 25.1. The molecule has 0 aliphatic heterocycles. The molecule has 4 rings (SSSR count). The average molecular weight is 479 g/mol. The predicted molar refractivity (Wildman–Crippen MR) is 126 cm³/mol. The van der Waals surface area contributed by atoms with Crippen molar-refractivity contribution in [2.24, 2.45) is 5.73 Å². The largest absolute Gasteiger partial charge is 0.504 e. The van der Waals surface area contributed by atoms with E-state index in [0.717, 1.165) is 4.68 Å². The maximum atomic E-state index is 15.3. The van der Waals surface area contributed by atoms with Gasteiger partial charge in [-0.15, -0.1) is 5.10 Å². The second kappa shape index (κ2) is 9.55. The van der Waals surface area contributed by atoms with Crippen LogP contribution in [0.4, 0.5) is 10.1 Å². The van der Waals surface area contributed by atoms with E-state index in [-0.39, 0.29) is 40.3 Å². The molecule has 0 bridgehead atoms. The third kappa shape index (κ3) is 4.62. The highest BCUT2D eigenvalue weighted by Gasteiger charge is 2.26. The number of rotatable bonds is 8. The quantitative estimate of drug-likeness (QED) is 0.190. The van der Waals surface area contributed by atoms with Crippen LogP contribution in [0.1, 0.15) is 23.0 Å². The van der Waals surface area contributed by atoms with E-state index < -0.39 is 17.5 Å². The molecule has 35 heavy (non-hydrogen) atoms. The number of aromatic amines is 1. The summed E-state index contributed by atoms with van der Waals surface area (Å²) in [4.78, 5) is 19.3. The number of nitrogens with zero attached hydrogens (tertiary/aromatic N) is 3.